The third-order valence-electron chi connectivity index (χ3n) is 8.49. The first-order chi connectivity index (χ1) is 16.7. The molecular weight excluding hydrogens is 459 g/mol. The van der Waals surface area contributed by atoms with Crippen LogP contribution in [0.15, 0.2) is 23.0 Å². The number of aryl methyl sites for hydroxylation is 1. The van der Waals surface area contributed by atoms with E-state index in [0.29, 0.717) is 41.2 Å². The number of amides is 4. The van der Waals surface area contributed by atoms with Crippen molar-refractivity contribution in [1.82, 2.24) is 29.8 Å². The van der Waals surface area contributed by atoms with Crippen molar-refractivity contribution in [1.29, 1.82) is 0 Å². The number of carbonyl (C=O) groups excluding carboxylic acids is 3. The SMILES string of the molecule is CC1C[N+]23CC2(C(C)O1)C1(Cc2cc4c(-c5nccn5C)noc4c(F)c23)C(=O)NC(=O)NC1=O. The van der Waals surface area contributed by atoms with E-state index in [9.17, 15) is 14.4 Å². The molecule has 0 saturated carbocycles. The number of rotatable bonds is 1. The number of barbiturate groups is 1. The Morgan fingerprint density at radius 3 is 2.66 bits per heavy atom. The van der Waals surface area contributed by atoms with Gasteiger partial charge < -0.3 is 13.8 Å². The second-order valence-electron chi connectivity index (χ2n) is 10.1. The summed E-state index contributed by atoms with van der Waals surface area (Å²) in [5.41, 5.74) is -1.44. The molecular formula is C23H22FN6O5+. The number of hydrogen-bond acceptors (Lipinski definition) is 7. The number of urea groups is 1. The molecule has 2 aromatic heterocycles. The van der Waals surface area contributed by atoms with Crippen LogP contribution >= 0.6 is 0 Å². The zero-order chi connectivity index (χ0) is 24.5. The van der Waals surface area contributed by atoms with Crippen molar-refractivity contribution in [3.63, 3.8) is 0 Å². The molecule has 4 amide bonds. The van der Waals surface area contributed by atoms with Crippen molar-refractivity contribution < 1.29 is 28.0 Å². The van der Waals surface area contributed by atoms with Crippen LogP contribution in [0.3, 0.4) is 0 Å². The highest BCUT2D eigenvalue weighted by atomic mass is 19.1. The van der Waals surface area contributed by atoms with Gasteiger partial charge in [-0.15, -0.1) is 0 Å². The fourth-order valence-corrected chi connectivity index (χ4v) is 7.22. The number of imidazole rings is 1. The zero-order valence-corrected chi connectivity index (χ0v) is 19.2. The molecule has 180 valence electrons. The molecule has 12 heteroatoms. The summed E-state index contributed by atoms with van der Waals surface area (Å²) in [6.45, 7) is 4.39. The number of ether oxygens (including phenoxy) is 1. The highest BCUT2D eigenvalue weighted by Gasteiger charge is 2.91. The van der Waals surface area contributed by atoms with E-state index < -0.39 is 40.7 Å². The average Bonchev–Trinajstić information content (AvgIpc) is 3.05. The van der Waals surface area contributed by atoms with Gasteiger partial charge in [-0.3, -0.25) is 24.7 Å². The predicted molar refractivity (Wildman–Crippen MR) is 118 cm³/mol. The van der Waals surface area contributed by atoms with Crippen molar-refractivity contribution in [2.24, 2.45) is 12.5 Å². The molecule has 4 aliphatic rings. The Morgan fingerprint density at radius 1 is 1.23 bits per heavy atom. The minimum absolute atomic E-state index is 0.00511. The Balaban J connectivity index is 1.53. The summed E-state index contributed by atoms with van der Waals surface area (Å²) >= 11 is 0. The van der Waals surface area contributed by atoms with Crippen LogP contribution in [0, 0.1) is 11.2 Å². The number of quaternary nitrogens is 1. The molecule has 3 aromatic rings. The van der Waals surface area contributed by atoms with Crippen molar-refractivity contribution >= 4 is 34.5 Å². The number of nitrogens with zero attached hydrogens (tertiary/aromatic N) is 4. The Kier molecular flexibility index (Phi) is 3.62. The van der Waals surface area contributed by atoms with Crippen molar-refractivity contribution in [3.05, 3.63) is 29.8 Å². The fourth-order valence-electron chi connectivity index (χ4n) is 7.22. The number of imide groups is 2. The third kappa shape index (κ3) is 2.12. The normalized spacial score (nSPS) is 32.6. The summed E-state index contributed by atoms with van der Waals surface area (Å²) in [7, 11) is 1.79. The quantitative estimate of drug-likeness (QED) is 0.303. The van der Waals surface area contributed by atoms with Crippen LogP contribution < -0.4 is 15.1 Å². The van der Waals surface area contributed by atoms with Gasteiger partial charge in [-0.1, -0.05) is 5.16 Å². The van der Waals surface area contributed by atoms with Gasteiger partial charge in [0.1, 0.15) is 25.3 Å². The number of hydrogen-bond donors (Lipinski definition) is 2. The molecule has 1 spiro atoms. The van der Waals surface area contributed by atoms with E-state index in [0.717, 1.165) is 0 Å². The monoisotopic (exact) mass is 481 g/mol. The van der Waals surface area contributed by atoms with Crippen LogP contribution in [0.25, 0.3) is 22.5 Å². The van der Waals surface area contributed by atoms with Gasteiger partial charge in [0.25, 0.3) is 11.8 Å². The van der Waals surface area contributed by atoms with E-state index in [1.165, 1.54) is 0 Å². The molecule has 4 unspecified atom stereocenters. The molecule has 35 heavy (non-hydrogen) atoms. The molecule has 2 N–H and O–H groups in total. The Hall–Kier alpha value is -3.64. The molecule has 0 bridgehead atoms. The van der Waals surface area contributed by atoms with E-state index in [-0.39, 0.29) is 22.6 Å². The smallest absolute Gasteiger partial charge is 0.328 e. The highest BCUT2D eigenvalue weighted by Crippen LogP contribution is 2.68. The van der Waals surface area contributed by atoms with E-state index in [1.807, 2.05) is 13.8 Å². The zero-order valence-electron chi connectivity index (χ0n) is 19.2. The number of aromatic nitrogens is 3. The molecule has 0 radical (unpaired) electrons. The molecule has 3 fully saturated rings. The van der Waals surface area contributed by atoms with Gasteiger partial charge in [0, 0.05) is 31.4 Å². The maximum Gasteiger partial charge on any atom is 0.328 e. The van der Waals surface area contributed by atoms with Gasteiger partial charge in [-0.05, 0) is 19.9 Å². The van der Waals surface area contributed by atoms with Gasteiger partial charge in [0.15, 0.2) is 22.6 Å². The van der Waals surface area contributed by atoms with Gasteiger partial charge in [0.2, 0.25) is 16.9 Å². The van der Waals surface area contributed by atoms with E-state index in [1.54, 1.807) is 30.1 Å². The average molecular weight is 481 g/mol. The number of carbonyl (C=O) groups is 3. The second-order valence-corrected chi connectivity index (χ2v) is 10.1. The van der Waals surface area contributed by atoms with Crippen molar-refractivity contribution in [3.8, 4) is 11.5 Å². The second kappa shape index (κ2) is 6.13. The first-order valence-corrected chi connectivity index (χ1v) is 11.4. The predicted octanol–water partition coefficient (Wildman–Crippen LogP) is 1.14. The van der Waals surface area contributed by atoms with Gasteiger partial charge in [0.05, 0.1) is 5.39 Å². The van der Waals surface area contributed by atoms with Gasteiger partial charge >= 0.3 is 6.03 Å². The molecule has 6 heterocycles. The standard InChI is InChI=1S/C23H21FN6O5/c1-10-8-30-9-23(30,11(2)34-10)22(19(31)26-21(33)27-20(22)32)7-12-6-13-15(18-25-4-5-29(18)3)28-35-17(13)14(24)16(12)30/h4-6,10-11H,7-9H2,1-3H3,(H-,26,27,31,32,33)/p+1. The van der Waals surface area contributed by atoms with Crippen molar-refractivity contribution in [2.75, 3.05) is 13.1 Å². The molecule has 1 aromatic carbocycles. The fraction of sp³-hybridized carbons (Fsp3) is 0.435. The molecule has 4 aliphatic heterocycles. The summed E-state index contributed by atoms with van der Waals surface area (Å²) in [4.78, 5) is 43.3. The maximum absolute atomic E-state index is 16.3. The Bertz CT molecular complexity index is 1490. The largest absolute Gasteiger partial charge is 0.363 e. The first kappa shape index (κ1) is 20.7. The molecule has 7 rings (SSSR count). The van der Waals surface area contributed by atoms with Crippen LogP contribution in [0.1, 0.15) is 19.4 Å². The summed E-state index contributed by atoms with van der Waals surface area (Å²) in [5, 5.41) is 9.09. The molecule has 3 saturated heterocycles. The Labute approximate surface area is 197 Å². The van der Waals surface area contributed by atoms with Crippen LogP contribution in [0.2, 0.25) is 0 Å². The Morgan fingerprint density at radius 2 is 1.97 bits per heavy atom. The van der Waals surface area contributed by atoms with Crippen molar-refractivity contribution in [2.45, 2.75) is 38.0 Å². The summed E-state index contributed by atoms with van der Waals surface area (Å²) in [5.74, 6) is -1.43. The van der Waals surface area contributed by atoms with Crippen LogP contribution in [-0.2, 0) is 27.8 Å². The summed E-state index contributed by atoms with van der Waals surface area (Å²) < 4.78 is 29.8. The number of nitrogens with one attached hydrogen (secondary N) is 2. The maximum atomic E-state index is 16.3. The number of morpholine rings is 1. The number of fused-ring (bicyclic) bond motifs is 2. The lowest BCUT2D eigenvalue weighted by atomic mass is 9.63. The lowest BCUT2D eigenvalue weighted by Crippen LogP contribution is -2.76. The topological polar surface area (TPSA) is 128 Å². The van der Waals surface area contributed by atoms with Gasteiger partial charge in [-0.2, -0.15) is 4.39 Å². The highest BCUT2D eigenvalue weighted by molar-refractivity contribution is 6.21. The summed E-state index contributed by atoms with van der Waals surface area (Å²) in [6.07, 6.45) is 2.47. The van der Waals surface area contributed by atoms with Crippen LogP contribution in [0.5, 0.6) is 0 Å². The molecule has 4 atom stereocenters. The number of benzene rings is 1. The van der Waals surface area contributed by atoms with Crippen LogP contribution in [0.4, 0.5) is 14.9 Å². The molecule has 0 aliphatic carbocycles. The van der Waals surface area contributed by atoms with E-state index in [2.05, 4.69) is 20.8 Å². The lowest BCUT2D eigenvalue weighted by molar-refractivity contribution is -0.160. The minimum Gasteiger partial charge on any atom is -0.363 e. The third-order valence-corrected chi connectivity index (χ3v) is 8.49. The van der Waals surface area contributed by atoms with E-state index in [4.69, 9.17) is 9.26 Å². The van der Waals surface area contributed by atoms with Gasteiger partial charge in [-0.25, -0.2) is 9.78 Å². The first-order valence-electron chi connectivity index (χ1n) is 11.4. The minimum atomic E-state index is -1.64. The summed E-state index contributed by atoms with van der Waals surface area (Å²) in [6, 6.07) is 0.884. The van der Waals surface area contributed by atoms with E-state index >= 15 is 4.39 Å². The molecule has 11 nitrogen and oxygen atoms in total. The van der Waals surface area contributed by atoms with Crippen LogP contribution in [-0.4, -0.2) is 63.4 Å². The number of halogens is 1. The lowest BCUT2D eigenvalue weighted by Gasteiger charge is -2.49.